The van der Waals surface area contributed by atoms with Crippen LogP contribution >= 0.6 is 0 Å². The number of hydrogen-bond donors (Lipinski definition) is 0. The molecule has 0 spiro atoms. The number of hydrogen-bond acceptors (Lipinski definition) is 3. The maximum atomic E-state index is 13.7. The van der Waals surface area contributed by atoms with Crippen molar-refractivity contribution in [2.24, 2.45) is 0 Å². The molecule has 8 heteroatoms. The Bertz CT molecular complexity index is 3010. The van der Waals surface area contributed by atoms with Crippen LogP contribution < -0.4 is 9.37 Å². The zero-order valence-electron chi connectivity index (χ0n) is 28.5. The summed E-state index contributed by atoms with van der Waals surface area (Å²) in [7, 11) is -8.34. The summed E-state index contributed by atoms with van der Waals surface area (Å²) in [6, 6.07) is 45.1. The Morgan fingerprint density at radius 1 is 0.500 bits per heavy atom. The molecular formula is C44H31F3O3SSi. The Morgan fingerprint density at radius 2 is 0.962 bits per heavy atom. The van der Waals surface area contributed by atoms with E-state index in [1.54, 1.807) is 0 Å². The number of fused-ring (bicyclic) bond motifs is 5. The van der Waals surface area contributed by atoms with Crippen LogP contribution in [0.4, 0.5) is 13.2 Å². The third-order valence-corrected chi connectivity index (χ3v) is 13.2. The highest BCUT2D eigenvalue weighted by atomic mass is 32.2. The molecule has 52 heavy (non-hydrogen) atoms. The van der Waals surface area contributed by atoms with E-state index in [9.17, 15) is 21.6 Å². The molecule has 0 aliphatic heterocycles. The molecule has 0 saturated heterocycles. The standard InChI is InChI=1S/C44H31F3O3SSi/c1-52(2,3)37-25-31-23-35-34(22-30(31)24-36(37)50-51(48,49)44(45,46)47)40(26-12-6-4-7-13-26)42-32-18-10-16-28-20-21-29-17-11-19-33(39(29)38(28)32)43(42)41(35)27-14-8-5-9-15-27/h4-25H,1-3H3. The van der Waals surface area contributed by atoms with Crippen molar-refractivity contribution in [2.75, 3.05) is 0 Å². The van der Waals surface area contributed by atoms with Crippen LogP contribution in [-0.4, -0.2) is 22.0 Å². The predicted molar refractivity (Wildman–Crippen MR) is 212 cm³/mol. The molecule has 0 bridgehead atoms. The smallest absolute Gasteiger partial charge is 0.376 e. The largest absolute Gasteiger partial charge is 0.534 e. The fraction of sp³-hybridized carbons (Fsp3) is 0.0909. The van der Waals surface area contributed by atoms with E-state index in [0.717, 1.165) is 70.7 Å². The molecule has 0 unspecified atom stereocenters. The lowest BCUT2D eigenvalue weighted by Gasteiger charge is -2.24. The summed E-state index contributed by atoms with van der Waals surface area (Å²) in [5, 5.41) is 12.8. The van der Waals surface area contributed by atoms with Crippen LogP contribution in [0.25, 0.3) is 86.9 Å². The van der Waals surface area contributed by atoms with Gasteiger partial charge in [0.15, 0.2) is 0 Å². The first-order valence-electron chi connectivity index (χ1n) is 17.0. The van der Waals surface area contributed by atoms with Gasteiger partial charge in [-0.1, -0.05) is 135 Å². The van der Waals surface area contributed by atoms with E-state index < -0.39 is 23.7 Å². The molecule has 9 aromatic carbocycles. The SMILES string of the molecule is C[Si](C)(C)c1cc2cc3c(-c4ccccc4)c4c5cccc6ccc7cccc(c4c(-c4ccccc4)c3cc2cc1OS(=O)(=O)C(F)(F)F)c7c65. The van der Waals surface area contributed by atoms with Gasteiger partial charge in [-0.2, -0.15) is 21.6 Å². The summed E-state index contributed by atoms with van der Waals surface area (Å²) < 4.78 is 70.7. The lowest BCUT2D eigenvalue weighted by molar-refractivity contribution is -0.0499. The van der Waals surface area contributed by atoms with Crippen molar-refractivity contribution < 1.29 is 25.8 Å². The molecule has 0 saturated carbocycles. The van der Waals surface area contributed by atoms with Gasteiger partial charge in [0.25, 0.3) is 0 Å². The summed E-state index contributed by atoms with van der Waals surface area (Å²) in [6.45, 7) is 5.88. The van der Waals surface area contributed by atoms with Gasteiger partial charge in [-0.3, -0.25) is 0 Å². The van der Waals surface area contributed by atoms with Crippen LogP contribution in [-0.2, 0) is 10.1 Å². The highest BCUT2D eigenvalue weighted by Gasteiger charge is 2.49. The predicted octanol–water partition coefficient (Wildman–Crippen LogP) is 12.2. The molecule has 0 fully saturated rings. The van der Waals surface area contributed by atoms with Crippen LogP contribution in [0.15, 0.2) is 133 Å². The van der Waals surface area contributed by atoms with Gasteiger partial charge in [-0.05, 0) is 110 Å². The molecule has 3 nitrogen and oxygen atoms in total. The van der Waals surface area contributed by atoms with Gasteiger partial charge >= 0.3 is 15.6 Å². The summed E-state index contributed by atoms with van der Waals surface area (Å²) in [5.41, 5.74) is -1.49. The average molecular weight is 725 g/mol. The zero-order valence-corrected chi connectivity index (χ0v) is 30.3. The van der Waals surface area contributed by atoms with Crippen molar-refractivity contribution in [3.8, 4) is 28.0 Å². The summed E-state index contributed by atoms with van der Waals surface area (Å²) in [6.07, 6.45) is 0. The minimum atomic E-state index is -5.90. The Balaban J connectivity index is 1.55. The summed E-state index contributed by atoms with van der Waals surface area (Å²) in [5.74, 6) is -0.281. The molecule has 0 N–H and O–H groups in total. The average Bonchev–Trinajstić information content (AvgIpc) is 3.12. The summed E-state index contributed by atoms with van der Waals surface area (Å²) >= 11 is 0. The minimum Gasteiger partial charge on any atom is -0.376 e. The molecule has 0 aliphatic rings. The molecule has 9 rings (SSSR count). The lowest BCUT2D eigenvalue weighted by Crippen LogP contribution is -2.40. The van der Waals surface area contributed by atoms with E-state index in [2.05, 4.69) is 78.9 Å². The second-order valence-corrected chi connectivity index (χ2v) is 21.0. The van der Waals surface area contributed by atoms with Gasteiger partial charge in [0.1, 0.15) is 5.75 Å². The highest BCUT2D eigenvalue weighted by molar-refractivity contribution is 7.88. The number of rotatable bonds is 5. The van der Waals surface area contributed by atoms with E-state index in [0.29, 0.717) is 10.6 Å². The van der Waals surface area contributed by atoms with Gasteiger partial charge in [0, 0.05) is 0 Å². The van der Waals surface area contributed by atoms with Crippen LogP contribution in [0.3, 0.4) is 0 Å². The first-order chi connectivity index (χ1) is 24.8. The minimum absolute atomic E-state index is 0.281. The van der Waals surface area contributed by atoms with Crippen LogP contribution in [0.1, 0.15) is 0 Å². The maximum absolute atomic E-state index is 13.7. The first-order valence-corrected chi connectivity index (χ1v) is 21.9. The van der Waals surface area contributed by atoms with E-state index in [1.165, 1.54) is 16.8 Å². The molecule has 0 aromatic heterocycles. The Morgan fingerprint density at radius 3 is 1.40 bits per heavy atom. The van der Waals surface area contributed by atoms with E-state index in [1.807, 2.05) is 68.2 Å². The van der Waals surface area contributed by atoms with E-state index in [-0.39, 0.29) is 5.75 Å². The first kappa shape index (κ1) is 32.5. The third kappa shape index (κ3) is 4.88. The van der Waals surface area contributed by atoms with Gasteiger partial charge in [0.05, 0.1) is 8.07 Å². The molecule has 256 valence electrons. The molecule has 0 atom stereocenters. The fourth-order valence-electron chi connectivity index (χ4n) is 8.00. The van der Waals surface area contributed by atoms with Crippen LogP contribution in [0.5, 0.6) is 5.75 Å². The quantitative estimate of drug-likeness (QED) is 0.0583. The highest BCUT2D eigenvalue weighted by Crippen LogP contribution is 2.51. The second kappa shape index (κ2) is 11.3. The van der Waals surface area contributed by atoms with Gasteiger partial charge < -0.3 is 4.18 Å². The summed E-state index contributed by atoms with van der Waals surface area (Å²) in [4.78, 5) is 0. The lowest BCUT2D eigenvalue weighted by atomic mass is 9.80. The maximum Gasteiger partial charge on any atom is 0.534 e. The van der Waals surface area contributed by atoms with Crippen molar-refractivity contribution >= 4 is 88.0 Å². The number of benzene rings is 9. The molecule has 0 heterocycles. The molecule has 0 aliphatic carbocycles. The van der Waals surface area contributed by atoms with Crippen LogP contribution in [0.2, 0.25) is 19.6 Å². The molecule has 0 radical (unpaired) electrons. The Hall–Kier alpha value is -5.44. The van der Waals surface area contributed by atoms with Crippen molar-refractivity contribution in [2.45, 2.75) is 25.1 Å². The molecular weight excluding hydrogens is 694 g/mol. The van der Waals surface area contributed by atoms with Gasteiger partial charge in [-0.25, -0.2) is 0 Å². The van der Waals surface area contributed by atoms with Crippen molar-refractivity contribution in [1.82, 2.24) is 0 Å². The third-order valence-electron chi connectivity index (χ3n) is 10.2. The Labute approximate surface area is 299 Å². The van der Waals surface area contributed by atoms with E-state index >= 15 is 0 Å². The van der Waals surface area contributed by atoms with Crippen molar-refractivity contribution in [3.63, 3.8) is 0 Å². The van der Waals surface area contributed by atoms with E-state index in [4.69, 9.17) is 4.18 Å². The Kier molecular flexibility index (Phi) is 7.04. The fourth-order valence-corrected chi connectivity index (χ4v) is 10.00. The van der Waals surface area contributed by atoms with Crippen molar-refractivity contribution in [3.05, 3.63) is 133 Å². The topological polar surface area (TPSA) is 43.4 Å². The number of alkyl halides is 3. The number of halogens is 3. The van der Waals surface area contributed by atoms with Gasteiger partial charge in [-0.15, -0.1) is 0 Å². The normalized spacial score (nSPS) is 13.0. The monoisotopic (exact) mass is 724 g/mol. The van der Waals surface area contributed by atoms with Gasteiger partial charge in [0.2, 0.25) is 0 Å². The van der Waals surface area contributed by atoms with Crippen LogP contribution in [0, 0.1) is 0 Å². The second-order valence-electron chi connectivity index (χ2n) is 14.4. The van der Waals surface area contributed by atoms with Crippen molar-refractivity contribution in [1.29, 1.82) is 0 Å². The zero-order chi connectivity index (χ0) is 36.2. The molecule has 0 amide bonds. The molecule has 9 aromatic rings.